The number of ether oxygens (including phenoxy) is 1. The van der Waals surface area contributed by atoms with Crippen LogP contribution in [0.3, 0.4) is 0 Å². The van der Waals surface area contributed by atoms with Crippen molar-refractivity contribution in [1.29, 1.82) is 0 Å². The highest BCUT2D eigenvalue weighted by Crippen LogP contribution is 2.34. The monoisotopic (exact) mass is 405 g/mol. The van der Waals surface area contributed by atoms with Crippen LogP contribution in [0.15, 0.2) is 53.0 Å². The highest BCUT2D eigenvalue weighted by molar-refractivity contribution is 9.10. The van der Waals surface area contributed by atoms with Gasteiger partial charge >= 0.3 is 0 Å². The average Bonchev–Trinajstić information content (AvgIpc) is 2.61. The number of thioether (sulfide) groups is 1. The summed E-state index contributed by atoms with van der Waals surface area (Å²) in [6.45, 7) is 2.59. The summed E-state index contributed by atoms with van der Waals surface area (Å²) in [5, 5.41) is 3.08. The molecular formula is C19H20BrNO2S. The van der Waals surface area contributed by atoms with E-state index in [-0.39, 0.29) is 17.2 Å². The van der Waals surface area contributed by atoms with Gasteiger partial charge in [0.1, 0.15) is 5.75 Å². The van der Waals surface area contributed by atoms with Gasteiger partial charge in [-0.25, -0.2) is 0 Å². The molecule has 126 valence electrons. The number of fused-ring (bicyclic) bond motifs is 1. The quantitative estimate of drug-likeness (QED) is 0.782. The molecule has 3 rings (SSSR count). The molecule has 0 radical (unpaired) electrons. The van der Waals surface area contributed by atoms with Crippen molar-refractivity contribution >= 4 is 33.6 Å². The smallest absolute Gasteiger partial charge is 0.233 e. The van der Waals surface area contributed by atoms with Gasteiger partial charge in [-0.05, 0) is 30.7 Å². The number of hydrogen-bond acceptors (Lipinski definition) is 3. The molecular weight excluding hydrogens is 386 g/mol. The van der Waals surface area contributed by atoms with Crippen LogP contribution in [-0.4, -0.2) is 17.8 Å². The van der Waals surface area contributed by atoms with E-state index in [1.165, 1.54) is 5.56 Å². The fraction of sp³-hybridized carbons (Fsp3) is 0.316. The van der Waals surface area contributed by atoms with Gasteiger partial charge in [-0.1, -0.05) is 46.3 Å². The molecule has 2 aromatic rings. The first-order valence-corrected chi connectivity index (χ1v) is 9.86. The normalized spacial score (nSPS) is 17.5. The number of benzene rings is 2. The van der Waals surface area contributed by atoms with Crippen molar-refractivity contribution in [3.8, 4) is 5.75 Å². The summed E-state index contributed by atoms with van der Waals surface area (Å²) < 4.78 is 6.68. The molecule has 24 heavy (non-hydrogen) atoms. The van der Waals surface area contributed by atoms with Crippen LogP contribution in [0.4, 0.5) is 0 Å². The van der Waals surface area contributed by atoms with Crippen molar-refractivity contribution in [2.75, 3.05) is 6.61 Å². The Labute approximate surface area is 155 Å². The Bertz CT molecular complexity index is 708. The Morgan fingerprint density at radius 2 is 2.12 bits per heavy atom. The maximum atomic E-state index is 12.5. The van der Waals surface area contributed by atoms with Crippen molar-refractivity contribution < 1.29 is 9.53 Å². The van der Waals surface area contributed by atoms with E-state index in [9.17, 15) is 4.79 Å². The van der Waals surface area contributed by atoms with Crippen LogP contribution in [0.5, 0.6) is 5.75 Å². The lowest BCUT2D eigenvalue weighted by atomic mass is 10.0. The Balaban J connectivity index is 1.60. The van der Waals surface area contributed by atoms with Crippen molar-refractivity contribution in [2.45, 2.75) is 30.4 Å². The van der Waals surface area contributed by atoms with E-state index in [1.807, 2.05) is 43.3 Å². The zero-order valence-electron chi connectivity index (χ0n) is 13.5. The molecule has 0 fully saturated rings. The number of carbonyl (C=O) groups excluding carboxylic acids is 1. The van der Waals surface area contributed by atoms with E-state index in [4.69, 9.17) is 4.74 Å². The minimum Gasteiger partial charge on any atom is -0.493 e. The van der Waals surface area contributed by atoms with Crippen molar-refractivity contribution in [2.24, 2.45) is 0 Å². The zero-order chi connectivity index (χ0) is 16.9. The molecule has 2 unspecified atom stereocenters. The van der Waals surface area contributed by atoms with Crippen molar-refractivity contribution in [3.05, 3.63) is 64.1 Å². The Morgan fingerprint density at radius 3 is 2.92 bits per heavy atom. The molecule has 1 N–H and O–H groups in total. The summed E-state index contributed by atoms with van der Waals surface area (Å²) >= 11 is 5.15. The number of rotatable bonds is 5. The SMILES string of the molecule is CC(SCc1ccccc1)C(=O)NC1CCOc2ccc(Br)cc21. The number of nitrogens with one attached hydrogen (secondary N) is 1. The Hall–Kier alpha value is -1.46. The van der Waals surface area contributed by atoms with Crippen LogP contribution < -0.4 is 10.1 Å². The van der Waals surface area contributed by atoms with Crippen LogP contribution in [-0.2, 0) is 10.5 Å². The molecule has 0 bridgehead atoms. The van der Waals surface area contributed by atoms with Gasteiger partial charge in [0.2, 0.25) is 5.91 Å². The van der Waals surface area contributed by atoms with Crippen LogP contribution in [0, 0.1) is 0 Å². The molecule has 0 aromatic heterocycles. The maximum absolute atomic E-state index is 12.5. The third-order valence-corrected chi connectivity index (χ3v) is 5.75. The minimum atomic E-state index is -0.0938. The predicted molar refractivity (Wildman–Crippen MR) is 102 cm³/mol. The summed E-state index contributed by atoms with van der Waals surface area (Å²) in [6.07, 6.45) is 0.797. The Morgan fingerprint density at radius 1 is 1.33 bits per heavy atom. The highest BCUT2D eigenvalue weighted by Gasteiger charge is 2.25. The van der Waals surface area contributed by atoms with E-state index >= 15 is 0 Å². The largest absolute Gasteiger partial charge is 0.493 e. The molecule has 5 heteroatoms. The number of hydrogen-bond donors (Lipinski definition) is 1. The molecule has 1 aliphatic rings. The second kappa shape index (κ2) is 8.08. The third kappa shape index (κ3) is 4.33. The van der Waals surface area contributed by atoms with Gasteiger partial charge in [0.25, 0.3) is 0 Å². The van der Waals surface area contributed by atoms with Crippen molar-refractivity contribution in [3.63, 3.8) is 0 Å². The summed E-state index contributed by atoms with van der Waals surface area (Å²) in [5.41, 5.74) is 2.28. The van der Waals surface area contributed by atoms with Gasteiger partial charge in [-0.2, -0.15) is 0 Å². The summed E-state index contributed by atoms with van der Waals surface area (Å²) in [5.74, 6) is 1.78. The molecule has 1 aliphatic heterocycles. The van der Waals surface area contributed by atoms with Gasteiger partial charge in [0.15, 0.2) is 0 Å². The first-order valence-electron chi connectivity index (χ1n) is 8.01. The van der Waals surface area contributed by atoms with Gasteiger partial charge in [0.05, 0.1) is 17.9 Å². The molecule has 0 spiro atoms. The molecule has 0 saturated carbocycles. The van der Waals surface area contributed by atoms with E-state index in [0.717, 1.165) is 28.0 Å². The van der Waals surface area contributed by atoms with Gasteiger partial charge in [0, 0.05) is 22.2 Å². The highest BCUT2D eigenvalue weighted by atomic mass is 79.9. The molecule has 3 nitrogen and oxygen atoms in total. The Kier molecular flexibility index (Phi) is 5.85. The molecule has 1 amide bonds. The summed E-state index contributed by atoms with van der Waals surface area (Å²) in [7, 11) is 0. The second-order valence-corrected chi connectivity index (χ2v) is 8.06. The second-order valence-electron chi connectivity index (χ2n) is 5.82. The molecule has 2 atom stereocenters. The lowest BCUT2D eigenvalue weighted by molar-refractivity contribution is -0.121. The fourth-order valence-electron chi connectivity index (χ4n) is 2.68. The zero-order valence-corrected chi connectivity index (χ0v) is 15.9. The van der Waals surface area contributed by atoms with Crippen LogP contribution >= 0.6 is 27.7 Å². The van der Waals surface area contributed by atoms with E-state index in [2.05, 4.69) is 33.4 Å². The fourth-order valence-corrected chi connectivity index (χ4v) is 3.91. The summed E-state index contributed by atoms with van der Waals surface area (Å²) in [4.78, 5) is 12.5. The van der Waals surface area contributed by atoms with Crippen LogP contribution in [0.1, 0.15) is 30.5 Å². The number of halogens is 1. The van der Waals surface area contributed by atoms with E-state index in [0.29, 0.717) is 6.61 Å². The topological polar surface area (TPSA) is 38.3 Å². The number of carbonyl (C=O) groups is 1. The molecule has 1 heterocycles. The number of amides is 1. The molecule has 2 aromatic carbocycles. The van der Waals surface area contributed by atoms with E-state index < -0.39 is 0 Å². The molecule has 0 saturated heterocycles. The molecule has 0 aliphatic carbocycles. The summed E-state index contributed by atoms with van der Waals surface area (Å²) in [6, 6.07) is 16.2. The van der Waals surface area contributed by atoms with Gasteiger partial charge in [-0.15, -0.1) is 11.8 Å². The van der Waals surface area contributed by atoms with Crippen molar-refractivity contribution in [1.82, 2.24) is 5.32 Å². The maximum Gasteiger partial charge on any atom is 0.233 e. The standard InChI is InChI=1S/C19H20BrNO2S/c1-13(24-12-14-5-3-2-4-6-14)19(22)21-17-9-10-23-18-8-7-15(20)11-16(17)18/h2-8,11,13,17H,9-10,12H2,1H3,(H,21,22). The first kappa shape index (κ1) is 17.4. The third-order valence-electron chi connectivity index (χ3n) is 4.04. The average molecular weight is 406 g/mol. The lowest BCUT2D eigenvalue weighted by Crippen LogP contribution is -2.36. The van der Waals surface area contributed by atoms with Crippen LogP contribution in [0.2, 0.25) is 0 Å². The first-order chi connectivity index (χ1) is 11.6. The minimum absolute atomic E-state index is 0.0125. The van der Waals surface area contributed by atoms with Gasteiger partial charge < -0.3 is 10.1 Å². The van der Waals surface area contributed by atoms with Crippen LogP contribution in [0.25, 0.3) is 0 Å². The van der Waals surface area contributed by atoms with E-state index in [1.54, 1.807) is 11.8 Å². The predicted octanol–water partition coefficient (Wildman–Crippen LogP) is 4.71. The lowest BCUT2D eigenvalue weighted by Gasteiger charge is -2.28. The van der Waals surface area contributed by atoms with Gasteiger partial charge in [-0.3, -0.25) is 4.79 Å².